The molecule has 7 heteroatoms. The van der Waals surface area contributed by atoms with E-state index in [0.29, 0.717) is 36.4 Å². The highest BCUT2D eigenvalue weighted by Gasteiger charge is 2.29. The van der Waals surface area contributed by atoms with Crippen molar-refractivity contribution >= 4 is 17.2 Å². The number of oxazole rings is 1. The van der Waals surface area contributed by atoms with Crippen LogP contribution in [0.3, 0.4) is 0 Å². The predicted octanol–water partition coefficient (Wildman–Crippen LogP) is 4.44. The third-order valence-corrected chi connectivity index (χ3v) is 6.14. The largest absolute Gasteiger partial charge is 0.496 e. The van der Waals surface area contributed by atoms with Gasteiger partial charge in [-0.1, -0.05) is 12.1 Å². The number of nitrogens with zero attached hydrogens (tertiary/aromatic N) is 3. The normalized spacial score (nSPS) is 15.0. The molecule has 1 amide bonds. The minimum Gasteiger partial charge on any atom is -0.496 e. The molecule has 0 atom stereocenters. The van der Waals surface area contributed by atoms with Crippen LogP contribution in [0.5, 0.6) is 5.75 Å². The number of carbonyl (C=O) groups is 1. The molecule has 0 N–H and O–H groups in total. The Morgan fingerprint density at radius 3 is 2.64 bits per heavy atom. The molecule has 146 valence electrons. The van der Waals surface area contributed by atoms with Crippen molar-refractivity contribution in [1.82, 2.24) is 14.9 Å². The van der Waals surface area contributed by atoms with Crippen molar-refractivity contribution in [2.75, 3.05) is 20.2 Å². The van der Waals surface area contributed by atoms with Gasteiger partial charge in [-0.05, 0) is 31.9 Å². The van der Waals surface area contributed by atoms with Crippen LogP contribution in [-0.2, 0) is 0 Å². The summed E-state index contributed by atoms with van der Waals surface area (Å²) in [6.45, 7) is 4.97. The smallest absolute Gasteiger partial charge is 0.291 e. The van der Waals surface area contributed by atoms with Gasteiger partial charge >= 0.3 is 0 Å². The fraction of sp³-hybridized carbons (Fsp3) is 0.381. The van der Waals surface area contributed by atoms with Crippen LogP contribution in [-0.4, -0.2) is 41.0 Å². The summed E-state index contributed by atoms with van der Waals surface area (Å²) < 4.78 is 10.9. The first-order chi connectivity index (χ1) is 13.6. The molecular formula is C21H23N3O3S. The number of likely N-dealkylation sites (tertiary alicyclic amines) is 1. The van der Waals surface area contributed by atoms with Crippen molar-refractivity contribution in [3.8, 4) is 17.0 Å². The van der Waals surface area contributed by atoms with E-state index < -0.39 is 0 Å². The predicted molar refractivity (Wildman–Crippen MR) is 108 cm³/mol. The van der Waals surface area contributed by atoms with Crippen molar-refractivity contribution in [2.45, 2.75) is 32.6 Å². The second-order valence-electron chi connectivity index (χ2n) is 6.99. The van der Waals surface area contributed by atoms with Gasteiger partial charge in [-0.15, -0.1) is 11.3 Å². The number of amides is 1. The molecule has 1 aliphatic heterocycles. The summed E-state index contributed by atoms with van der Waals surface area (Å²) in [6.07, 6.45) is 1.80. The van der Waals surface area contributed by atoms with Gasteiger partial charge in [-0.2, -0.15) is 0 Å². The second kappa shape index (κ2) is 7.75. The van der Waals surface area contributed by atoms with Gasteiger partial charge in [0.05, 0.1) is 23.5 Å². The van der Waals surface area contributed by atoms with E-state index in [4.69, 9.17) is 14.1 Å². The van der Waals surface area contributed by atoms with Gasteiger partial charge in [0, 0.05) is 36.9 Å². The second-order valence-corrected chi connectivity index (χ2v) is 7.87. The Balaban J connectivity index is 1.44. The Morgan fingerprint density at radius 2 is 1.96 bits per heavy atom. The molecule has 0 radical (unpaired) electrons. The fourth-order valence-corrected chi connectivity index (χ4v) is 4.65. The molecule has 3 aromatic rings. The summed E-state index contributed by atoms with van der Waals surface area (Å²) in [7, 11) is 1.68. The number of benzene rings is 1. The summed E-state index contributed by atoms with van der Waals surface area (Å²) in [5.74, 6) is 2.03. The maximum atomic E-state index is 12.7. The molecule has 6 nitrogen and oxygen atoms in total. The zero-order chi connectivity index (χ0) is 19.7. The van der Waals surface area contributed by atoms with Gasteiger partial charge in [0.15, 0.2) is 5.89 Å². The topological polar surface area (TPSA) is 68.5 Å². The van der Waals surface area contributed by atoms with E-state index in [9.17, 15) is 4.79 Å². The molecule has 0 bridgehead atoms. The first-order valence-corrected chi connectivity index (χ1v) is 10.3. The minimum absolute atomic E-state index is 0.0644. The van der Waals surface area contributed by atoms with Crippen LogP contribution >= 0.6 is 11.3 Å². The van der Waals surface area contributed by atoms with E-state index in [0.717, 1.165) is 34.9 Å². The molecule has 2 aromatic heterocycles. The highest BCUT2D eigenvalue weighted by atomic mass is 32.1. The van der Waals surface area contributed by atoms with Gasteiger partial charge < -0.3 is 14.1 Å². The molecule has 0 saturated carbocycles. The summed E-state index contributed by atoms with van der Waals surface area (Å²) in [6, 6.07) is 7.93. The number of hydrogen-bond acceptors (Lipinski definition) is 6. The lowest BCUT2D eigenvalue weighted by Crippen LogP contribution is -2.38. The zero-order valence-electron chi connectivity index (χ0n) is 16.3. The van der Waals surface area contributed by atoms with Crippen molar-refractivity contribution < 1.29 is 13.9 Å². The average molecular weight is 398 g/mol. The first kappa shape index (κ1) is 18.7. The number of carbonyl (C=O) groups excluding carboxylic acids is 1. The van der Waals surface area contributed by atoms with Gasteiger partial charge in [0.2, 0.25) is 5.76 Å². The number of ether oxygens (including phenoxy) is 1. The van der Waals surface area contributed by atoms with Crippen LogP contribution in [0.4, 0.5) is 0 Å². The van der Waals surface area contributed by atoms with Crippen LogP contribution in [0.15, 0.2) is 34.1 Å². The Kier molecular flexibility index (Phi) is 5.17. The Morgan fingerprint density at radius 1 is 1.21 bits per heavy atom. The number of aromatic nitrogens is 2. The van der Waals surface area contributed by atoms with Crippen molar-refractivity contribution in [3.63, 3.8) is 0 Å². The maximum absolute atomic E-state index is 12.7. The third-order valence-electron chi connectivity index (χ3n) is 5.13. The van der Waals surface area contributed by atoms with Gasteiger partial charge in [-0.25, -0.2) is 9.97 Å². The Hall–Kier alpha value is -2.67. The van der Waals surface area contributed by atoms with E-state index in [1.807, 2.05) is 36.1 Å². The van der Waals surface area contributed by atoms with E-state index >= 15 is 0 Å². The quantitative estimate of drug-likeness (QED) is 0.651. The highest BCUT2D eigenvalue weighted by Crippen LogP contribution is 2.36. The van der Waals surface area contributed by atoms with Crippen LogP contribution in [0.25, 0.3) is 11.3 Å². The van der Waals surface area contributed by atoms with E-state index in [1.165, 1.54) is 0 Å². The van der Waals surface area contributed by atoms with Gasteiger partial charge in [0.1, 0.15) is 5.75 Å². The Bertz CT molecular complexity index is 986. The number of rotatable bonds is 4. The molecule has 3 heterocycles. The summed E-state index contributed by atoms with van der Waals surface area (Å²) in [5.41, 5.74) is 2.62. The molecule has 0 aliphatic carbocycles. The zero-order valence-corrected chi connectivity index (χ0v) is 17.1. The van der Waals surface area contributed by atoms with Crippen LogP contribution < -0.4 is 4.74 Å². The van der Waals surface area contributed by atoms with Crippen molar-refractivity contribution in [3.05, 3.63) is 52.0 Å². The molecule has 1 aliphatic rings. The first-order valence-electron chi connectivity index (χ1n) is 9.39. The molecule has 28 heavy (non-hydrogen) atoms. The molecule has 4 rings (SSSR count). The lowest BCUT2D eigenvalue weighted by molar-refractivity contribution is 0.0678. The standard InChI is InChI=1S/C21H23N3O3S/c1-13-19(27-14(2)22-13)21(25)24-10-8-15(9-11-24)20-23-17(12-28-20)16-6-4-5-7-18(16)26-3/h4-7,12,15H,8-11H2,1-3H3. The third kappa shape index (κ3) is 3.54. The summed E-state index contributed by atoms with van der Waals surface area (Å²) >= 11 is 1.68. The van der Waals surface area contributed by atoms with E-state index in [-0.39, 0.29) is 5.91 Å². The number of piperidine rings is 1. The summed E-state index contributed by atoms with van der Waals surface area (Å²) in [4.78, 5) is 23.6. The number of hydrogen-bond donors (Lipinski definition) is 0. The molecule has 0 unspecified atom stereocenters. The SMILES string of the molecule is COc1ccccc1-c1csc(C2CCN(C(=O)c3oc(C)nc3C)CC2)n1. The average Bonchev–Trinajstić information content (AvgIpc) is 3.34. The highest BCUT2D eigenvalue weighted by molar-refractivity contribution is 7.10. The number of thiazole rings is 1. The number of aryl methyl sites for hydroxylation is 2. The minimum atomic E-state index is -0.0644. The maximum Gasteiger partial charge on any atom is 0.291 e. The van der Waals surface area contributed by atoms with Gasteiger partial charge in [0.25, 0.3) is 5.91 Å². The Labute approximate surface area is 168 Å². The summed E-state index contributed by atoms with van der Waals surface area (Å²) in [5, 5.41) is 3.21. The van der Waals surface area contributed by atoms with Gasteiger partial charge in [-0.3, -0.25) is 4.79 Å². The molecule has 1 fully saturated rings. The van der Waals surface area contributed by atoms with Crippen LogP contribution in [0.2, 0.25) is 0 Å². The lowest BCUT2D eigenvalue weighted by Gasteiger charge is -2.30. The van der Waals surface area contributed by atoms with Crippen LogP contribution in [0, 0.1) is 13.8 Å². The molecule has 1 saturated heterocycles. The number of methoxy groups -OCH3 is 1. The lowest BCUT2D eigenvalue weighted by atomic mass is 9.97. The van der Waals surface area contributed by atoms with Crippen molar-refractivity contribution in [1.29, 1.82) is 0 Å². The van der Waals surface area contributed by atoms with Crippen molar-refractivity contribution in [2.24, 2.45) is 0 Å². The fourth-order valence-electron chi connectivity index (χ4n) is 3.66. The molecular weight excluding hydrogens is 374 g/mol. The van der Waals surface area contributed by atoms with Crippen LogP contribution in [0.1, 0.15) is 45.9 Å². The monoisotopic (exact) mass is 397 g/mol. The van der Waals surface area contributed by atoms with E-state index in [2.05, 4.69) is 10.4 Å². The molecule has 0 spiro atoms. The molecule has 1 aromatic carbocycles. The van der Waals surface area contributed by atoms with E-state index in [1.54, 1.807) is 25.4 Å². The number of para-hydroxylation sites is 1.